The van der Waals surface area contributed by atoms with Gasteiger partial charge in [0.05, 0.1) is 16.0 Å². The molecule has 0 bridgehead atoms. The van der Waals surface area contributed by atoms with Crippen LogP contribution in [0, 0.1) is 0 Å². The summed E-state index contributed by atoms with van der Waals surface area (Å²) < 4.78 is 1.23. The van der Waals surface area contributed by atoms with E-state index in [2.05, 4.69) is 29.4 Å². The largest absolute Gasteiger partial charge is 0.345 e. The van der Waals surface area contributed by atoms with Crippen LogP contribution in [-0.4, -0.2) is 54.0 Å². The smallest absolute Gasteiger partial charge is 0.233 e. The number of aromatic nitrogens is 1. The van der Waals surface area contributed by atoms with Gasteiger partial charge in [0.25, 0.3) is 0 Å². The highest BCUT2D eigenvalue weighted by Gasteiger charge is 2.23. The van der Waals surface area contributed by atoms with E-state index >= 15 is 0 Å². The molecule has 1 aromatic heterocycles. The number of carbonyl (C=O) groups is 1. The molecule has 0 unspecified atom stereocenters. The SMILES string of the molecule is CSc1cccc2sc(N3CCN(C(=O)CSc4ccccc4)CC3)nc12. The fourth-order valence-corrected chi connectivity index (χ4v) is 5.61. The summed E-state index contributed by atoms with van der Waals surface area (Å²) in [5.74, 6) is 0.722. The number of thioether (sulfide) groups is 2. The molecule has 1 saturated heterocycles. The number of para-hydroxylation sites is 1. The Kier molecular flexibility index (Phi) is 5.90. The lowest BCUT2D eigenvalue weighted by Gasteiger charge is -2.34. The second-order valence-electron chi connectivity index (χ2n) is 6.27. The molecule has 4 nitrogen and oxygen atoms in total. The molecule has 3 aromatic rings. The average Bonchev–Trinajstić information content (AvgIpc) is 3.17. The van der Waals surface area contributed by atoms with Crippen molar-refractivity contribution in [2.24, 2.45) is 0 Å². The lowest BCUT2D eigenvalue weighted by Crippen LogP contribution is -2.49. The molecule has 1 amide bonds. The van der Waals surface area contributed by atoms with Crippen LogP contribution in [0.1, 0.15) is 0 Å². The van der Waals surface area contributed by atoms with Gasteiger partial charge in [-0.2, -0.15) is 0 Å². The minimum atomic E-state index is 0.220. The third-order valence-electron chi connectivity index (χ3n) is 4.60. The summed E-state index contributed by atoms with van der Waals surface area (Å²) in [7, 11) is 0. The molecule has 0 aliphatic carbocycles. The lowest BCUT2D eigenvalue weighted by molar-refractivity contribution is -0.128. The predicted octanol–water partition coefficient (Wildman–Crippen LogP) is 4.46. The number of hydrogen-bond donors (Lipinski definition) is 0. The first kappa shape index (κ1) is 18.7. The highest BCUT2D eigenvalue weighted by atomic mass is 32.2. The van der Waals surface area contributed by atoms with E-state index in [1.54, 1.807) is 34.9 Å². The van der Waals surface area contributed by atoms with Crippen LogP contribution in [0.25, 0.3) is 10.2 Å². The summed E-state index contributed by atoms with van der Waals surface area (Å²) in [5.41, 5.74) is 1.10. The van der Waals surface area contributed by atoms with Crippen molar-refractivity contribution < 1.29 is 4.79 Å². The Bertz CT molecular complexity index is 921. The van der Waals surface area contributed by atoms with Crippen molar-refractivity contribution in [3.05, 3.63) is 48.5 Å². The van der Waals surface area contributed by atoms with Gasteiger partial charge in [-0.25, -0.2) is 4.98 Å². The molecule has 1 aliphatic rings. The Labute approximate surface area is 172 Å². The zero-order valence-corrected chi connectivity index (χ0v) is 17.6. The fourth-order valence-electron chi connectivity index (χ4n) is 3.11. The Morgan fingerprint density at radius 1 is 1.07 bits per heavy atom. The van der Waals surface area contributed by atoms with Crippen molar-refractivity contribution in [3.8, 4) is 0 Å². The molecule has 0 atom stereocenters. The third kappa shape index (κ3) is 4.25. The Hall–Kier alpha value is -1.70. The Balaban J connectivity index is 1.35. The molecule has 7 heteroatoms. The molecule has 1 fully saturated rings. The monoisotopic (exact) mass is 415 g/mol. The summed E-state index contributed by atoms with van der Waals surface area (Å²) in [5, 5.41) is 1.07. The summed E-state index contributed by atoms with van der Waals surface area (Å²) in [6, 6.07) is 16.5. The first-order valence-electron chi connectivity index (χ1n) is 8.89. The van der Waals surface area contributed by atoms with Crippen LogP contribution in [0.2, 0.25) is 0 Å². The number of benzene rings is 2. The molecule has 0 spiro atoms. The number of thiazole rings is 1. The van der Waals surface area contributed by atoms with Crippen molar-refractivity contribution in [1.82, 2.24) is 9.88 Å². The van der Waals surface area contributed by atoms with Crippen LogP contribution < -0.4 is 4.90 Å². The van der Waals surface area contributed by atoms with Gasteiger partial charge in [-0.05, 0) is 30.5 Å². The van der Waals surface area contributed by atoms with Gasteiger partial charge >= 0.3 is 0 Å². The number of hydrogen-bond acceptors (Lipinski definition) is 6. The Morgan fingerprint density at radius 2 is 1.85 bits per heavy atom. The maximum atomic E-state index is 12.5. The normalized spacial score (nSPS) is 14.7. The standard InChI is InChI=1S/C20H21N3OS3/c1-25-16-8-5-9-17-19(16)21-20(27-17)23-12-10-22(11-13-23)18(24)14-26-15-6-3-2-4-7-15/h2-9H,10-14H2,1H3. The molecule has 4 rings (SSSR count). The molecular formula is C20H21N3OS3. The molecule has 2 aromatic carbocycles. The van der Waals surface area contributed by atoms with Gasteiger partial charge in [0.2, 0.25) is 5.91 Å². The van der Waals surface area contributed by atoms with Gasteiger partial charge in [-0.1, -0.05) is 35.6 Å². The number of carbonyl (C=O) groups excluding carboxylic acids is 1. The summed E-state index contributed by atoms with van der Waals surface area (Å²) in [4.78, 5) is 24.0. The van der Waals surface area contributed by atoms with Gasteiger partial charge < -0.3 is 9.80 Å². The quantitative estimate of drug-likeness (QED) is 0.575. The summed E-state index contributed by atoms with van der Waals surface area (Å²) >= 11 is 5.09. The van der Waals surface area contributed by atoms with E-state index in [1.165, 1.54) is 9.60 Å². The van der Waals surface area contributed by atoms with Gasteiger partial charge in [0, 0.05) is 36.0 Å². The zero-order valence-electron chi connectivity index (χ0n) is 15.1. The first-order valence-corrected chi connectivity index (χ1v) is 11.9. The number of fused-ring (bicyclic) bond motifs is 1. The Morgan fingerprint density at radius 3 is 2.59 bits per heavy atom. The molecule has 140 valence electrons. The first-order chi connectivity index (χ1) is 13.2. The number of piperazine rings is 1. The van der Waals surface area contributed by atoms with Gasteiger partial charge in [-0.15, -0.1) is 23.5 Å². The van der Waals surface area contributed by atoms with Crippen molar-refractivity contribution in [3.63, 3.8) is 0 Å². The molecule has 2 heterocycles. The van der Waals surface area contributed by atoms with Crippen LogP contribution in [0.4, 0.5) is 5.13 Å². The van der Waals surface area contributed by atoms with Gasteiger partial charge in [0.1, 0.15) is 0 Å². The average molecular weight is 416 g/mol. The number of anilines is 1. The summed E-state index contributed by atoms with van der Waals surface area (Å²) in [6.07, 6.45) is 2.09. The molecule has 0 radical (unpaired) electrons. The second kappa shape index (κ2) is 8.54. The van der Waals surface area contributed by atoms with Crippen molar-refractivity contribution in [2.75, 3.05) is 43.1 Å². The van der Waals surface area contributed by atoms with E-state index < -0.39 is 0 Å². The van der Waals surface area contributed by atoms with E-state index in [9.17, 15) is 4.79 Å². The van der Waals surface area contributed by atoms with Crippen LogP contribution >= 0.6 is 34.9 Å². The predicted molar refractivity (Wildman–Crippen MR) is 117 cm³/mol. The van der Waals surface area contributed by atoms with E-state index in [4.69, 9.17) is 4.98 Å². The van der Waals surface area contributed by atoms with Crippen molar-refractivity contribution >= 4 is 56.1 Å². The summed E-state index contributed by atoms with van der Waals surface area (Å²) in [6.45, 7) is 3.21. The van der Waals surface area contributed by atoms with Crippen LogP contribution in [-0.2, 0) is 4.79 Å². The molecular weight excluding hydrogens is 394 g/mol. The fraction of sp³-hybridized carbons (Fsp3) is 0.300. The van der Waals surface area contributed by atoms with Crippen LogP contribution in [0.5, 0.6) is 0 Å². The van der Waals surface area contributed by atoms with E-state index in [1.807, 2.05) is 35.2 Å². The maximum Gasteiger partial charge on any atom is 0.233 e. The molecule has 27 heavy (non-hydrogen) atoms. The zero-order chi connectivity index (χ0) is 18.6. The van der Waals surface area contributed by atoms with Crippen LogP contribution in [0.3, 0.4) is 0 Å². The molecule has 1 aliphatic heterocycles. The van der Waals surface area contributed by atoms with Crippen molar-refractivity contribution in [1.29, 1.82) is 0 Å². The number of rotatable bonds is 5. The van der Waals surface area contributed by atoms with Crippen LogP contribution in [0.15, 0.2) is 58.3 Å². The van der Waals surface area contributed by atoms with Gasteiger partial charge in [0.15, 0.2) is 5.13 Å². The highest BCUT2D eigenvalue weighted by molar-refractivity contribution is 8.00. The minimum absolute atomic E-state index is 0.220. The molecule has 0 saturated carbocycles. The van der Waals surface area contributed by atoms with E-state index in [-0.39, 0.29) is 5.91 Å². The van der Waals surface area contributed by atoms with E-state index in [0.717, 1.165) is 41.7 Å². The topological polar surface area (TPSA) is 36.4 Å². The van der Waals surface area contributed by atoms with E-state index in [0.29, 0.717) is 5.75 Å². The lowest BCUT2D eigenvalue weighted by atomic mass is 10.3. The second-order valence-corrected chi connectivity index (χ2v) is 9.18. The van der Waals surface area contributed by atoms with Gasteiger partial charge in [-0.3, -0.25) is 4.79 Å². The molecule has 0 N–H and O–H groups in total. The maximum absolute atomic E-state index is 12.5. The van der Waals surface area contributed by atoms with Crippen molar-refractivity contribution in [2.45, 2.75) is 9.79 Å². The number of nitrogens with zero attached hydrogens (tertiary/aromatic N) is 3. The minimum Gasteiger partial charge on any atom is -0.345 e. The third-order valence-corrected chi connectivity index (χ3v) is 7.45. The number of amides is 1. The highest BCUT2D eigenvalue weighted by Crippen LogP contribution is 2.34.